The Morgan fingerprint density at radius 1 is 1.19 bits per heavy atom. The lowest BCUT2D eigenvalue weighted by Crippen LogP contribution is -2.27. The van der Waals surface area contributed by atoms with Gasteiger partial charge in [-0.15, -0.1) is 0 Å². The summed E-state index contributed by atoms with van der Waals surface area (Å²) in [5, 5.41) is 3.21. The summed E-state index contributed by atoms with van der Waals surface area (Å²) in [5.74, 6) is 1.32. The third kappa shape index (κ3) is 4.44. The zero-order valence-corrected chi connectivity index (χ0v) is 13.6. The minimum atomic E-state index is 0.377. The smallest absolute Gasteiger partial charge is 0.322 e. The molecule has 0 saturated carbocycles. The summed E-state index contributed by atoms with van der Waals surface area (Å²) in [7, 11) is 1.59. The molecular formula is C15H27N5O. The largest absolute Gasteiger partial charge is 0.467 e. The molecule has 1 aromatic rings. The zero-order chi connectivity index (χ0) is 15.3. The maximum Gasteiger partial charge on any atom is 0.322 e. The van der Waals surface area contributed by atoms with E-state index in [9.17, 15) is 0 Å². The summed E-state index contributed by atoms with van der Waals surface area (Å²) in [6.45, 7) is 9.59. The first-order chi connectivity index (χ1) is 10.0. The fourth-order valence-corrected chi connectivity index (χ4v) is 2.52. The Morgan fingerprint density at radius 2 is 2.00 bits per heavy atom. The van der Waals surface area contributed by atoms with Crippen molar-refractivity contribution in [2.75, 3.05) is 37.0 Å². The van der Waals surface area contributed by atoms with Gasteiger partial charge in [0.15, 0.2) is 0 Å². The number of methoxy groups -OCH3 is 1. The lowest BCUT2D eigenvalue weighted by atomic mass is 9.85. The topological polar surface area (TPSA) is 63.2 Å². The summed E-state index contributed by atoms with van der Waals surface area (Å²) < 4.78 is 5.21. The van der Waals surface area contributed by atoms with Crippen molar-refractivity contribution in [3.8, 4) is 6.01 Å². The molecule has 2 heterocycles. The lowest BCUT2D eigenvalue weighted by Gasteiger charge is -2.23. The van der Waals surface area contributed by atoms with Gasteiger partial charge >= 0.3 is 6.01 Å². The van der Waals surface area contributed by atoms with Crippen molar-refractivity contribution < 1.29 is 4.74 Å². The maximum absolute atomic E-state index is 5.21. The number of rotatable bonds is 5. The molecule has 0 aromatic carbocycles. The Labute approximate surface area is 127 Å². The van der Waals surface area contributed by atoms with Crippen molar-refractivity contribution in [1.82, 2.24) is 15.0 Å². The second-order valence-corrected chi connectivity index (χ2v) is 6.38. The molecule has 1 fully saturated rings. The molecule has 1 saturated heterocycles. The van der Waals surface area contributed by atoms with Gasteiger partial charge in [0.05, 0.1) is 7.11 Å². The van der Waals surface area contributed by atoms with Gasteiger partial charge in [0.25, 0.3) is 0 Å². The van der Waals surface area contributed by atoms with Crippen molar-refractivity contribution in [3.05, 3.63) is 0 Å². The van der Waals surface area contributed by atoms with Gasteiger partial charge in [0.2, 0.25) is 11.9 Å². The van der Waals surface area contributed by atoms with E-state index >= 15 is 0 Å². The second kappa shape index (κ2) is 6.91. The van der Waals surface area contributed by atoms with E-state index in [4.69, 9.17) is 4.74 Å². The molecule has 0 amide bonds. The molecule has 0 atom stereocenters. The quantitative estimate of drug-likeness (QED) is 0.900. The van der Waals surface area contributed by atoms with Crippen LogP contribution >= 0.6 is 0 Å². The summed E-state index contributed by atoms with van der Waals surface area (Å²) >= 11 is 0. The van der Waals surface area contributed by atoms with Crippen molar-refractivity contribution in [1.29, 1.82) is 0 Å². The van der Waals surface area contributed by atoms with Gasteiger partial charge in [0, 0.05) is 19.6 Å². The molecular weight excluding hydrogens is 266 g/mol. The molecule has 1 aliphatic heterocycles. The highest BCUT2D eigenvalue weighted by atomic mass is 16.5. The van der Waals surface area contributed by atoms with E-state index in [-0.39, 0.29) is 0 Å². The molecule has 6 nitrogen and oxygen atoms in total. The van der Waals surface area contributed by atoms with Gasteiger partial charge in [-0.1, -0.05) is 20.8 Å². The number of nitrogens with zero attached hydrogens (tertiary/aromatic N) is 4. The molecule has 1 aromatic heterocycles. The molecule has 0 radical (unpaired) electrons. The monoisotopic (exact) mass is 293 g/mol. The minimum absolute atomic E-state index is 0.377. The van der Waals surface area contributed by atoms with Crippen LogP contribution in [0, 0.1) is 5.41 Å². The Balaban J connectivity index is 2.17. The van der Waals surface area contributed by atoms with Crippen LogP contribution < -0.4 is 15.0 Å². The molecule has 0 aliphatic carbocycles. The second-order valence-electron chi connectivity index (χ2n) is 6.38. The van der Waals surface area contributed by atoms with Gasteiger partial charge in [-0.25, -0.2) is 0 Å². The van der Waals surface area contributed by atoms with Gasteiger partial charge in [-0.3, -0.25) is 0 Å². The van der Waals surface area contributed by atoms with Crippen LogP contribution in [0.1, 0.15) is 46.5 Å². The van der Waals surface area contributed by atoms with E-state index in [0.29, 0.717) is 17.4 Å². The van der Waals surface area contributed by atoms with Gasteiger partial charge in [-0.2, -0.15) is 15.0 Å². The van der Waals surface area contributed by atoms with Crippen LogP contribution in [0.3, 0.4) is 0 Å². The Bertz CT molecular complexity index is 463. The molecule has 21 heavy (non-hydrogen) atoms. The van der Waals surface area contributed by atoms with Crippen LogP contribution in [0.4, 0.5) is 11.9 Å². The lowest BCUT2D eigenvalue weighted by molar-refractivity contribution is 0.325. The molecule has 0 unspecified atom stereocenters. The molecule has 2 rings (SSSR count). The van der Waals surface area contributed by atoms with Gasteiger partial charge in [0.1, 0.15) is 0 Å². The molecule has 1 aliphatic rings. The Morgan fingerprint density at radius 3 is 2.71 bits per heavy atom. The third-order valence-corrected chi connectivity index (χ3v) is 3.94. The first-order valence-corrected chi connectivity index (χ1v) is 7.83. The van der Waals surface area contributed by atoms with E-state index in [2.05, 4.69) is 45.9 Å². The normalized spacial score (nSPS) is 18.2. The molecule has 6 heteroatoms. The number of hydrogen-bond acceptors (Lipinski definition) is 6. The maximum atomic E-state index is 5.21. The van der Waals surface area contributed by atoms with Crippen LogP contribution in [-0.2, 0) is 0 Å². The number of hydrogen-bond donors (Lipinski definition) is 1. The van der Waals surface area contributed by atoms with Crippen LogP contribution in [0.15, 0.2) is 0 Å². The van der Waals surface area contributed by atoms with Gasteiger partial charge < -0.3 is 15.0 Å². The highest BCUT2D eigenvalue weighted by Gasteiger charge is 2.24. The first-order valence-electron chi connectivity index (χ1n) is 7.83. The summed E-state index contributed by atoms with van der Waals surface area (Å²) in [5.41, 5.74) is 0.398. The Hall–Kier alpha value is -1.59. The van der Waals surface area contributed by atoms with Crippen molar-refractivity contribution >= 4 is 11.9 Å². The van der Waals surface area contributed by atoms with E-state index in [1.165, 1.54) is 12.8 Å². The molecule has 1 N–H and O–H groups in total. The SMILES string of the molecule is CCCNc1nc(OC)nc(N2CCCC(C)(C)CC2)n1. The van der Waals surface area contributed by atoms with Gasteiger partial charge in [-0.05, 0) is 31.1 Å². The highest BCUT2D eigenvalue weighted by molar-refractivity contribution is 5.38. The summed E-state index contributed by atoms with van der Waals surface area (Å²) in [6, 6.07) is 0.377. The average Bonchev–Trinajstić information content (AvgIpc) is 2.65. The third-order valence-electron chi connectivity index (χ3n) is 3.94. The van der Waals surface area contributed by atoms with Crippen molar-refractivity contribution in [2.24, 2.45) is 5.41 Å². The Kier molecular flexibility index (Phi) is 5.20. The summed E-state index contributed by atoms with van der Waals surface area (Å²) in [4.78, 5) is 15.5. The van der Waals surface area contributed by atoms with E-state index in [1.807, 2.05) is 0 Å². The predicted molar refractivity (Wildman–Crippen MR) is 85.0 cm³/mol. The fourth-order valence-electron chi connectivity index (χ4n) is 2.52. The summed E-state index contributed by atoms with van der Waals surface area (Å²) in [6.07, 6.45) is 4.59. The minimum Gasteiger partial charge on any atom is -0.467 e. The van der Waals surface area contributed by atoms with Crippen LogP contribution in [0.2, 0.25) is 0 Å². The molecule has 0 bridgehead atoms. The van der Waals surface area contributed by atoms with Crippen molar-refractivity contribution in [2.45, 2.75) is 46.5 Å². The van der Waals surface area contributed by atoms with E-state index < -0.39 is 0 Å². The molecule has 0 spiro atoms. The average molecular weight is 293 g/mol. The van der Waals surface area contributed by atoms with Crippen LogP contribution in [0.25, 0.3) is 0 Å². The highest BCUT2D eigenvalue weighted by Crippen LogP contribution is 2.31. The zero-order valence-electron chi connectivity index (χ0n) is 13.6. The van der Waals surface area contributed by atoms with Crippen LogP contribution in [0.5, 0.6) is 6.01 Å². The van der Waals surface area contributed by atoms with E-state index in [0.717, 1.165) is 38.4 Å². The number of nitrogens with one attached hydrogen (secondary N) is 1. The standard InChI is InChI=1S/C15H27N5O/c1-5-9-16-12-17-13(19-14(18-12)21-4)20-10-6-7-15(2,3)8-11-20/h5-11H2,1-4H3,(H,16,17,18,19). The van der Waals surface area contributed by atoms with E-state index in [1.54, 1.807) is 7.11 Å². The first kappa shape index (κ1) is 15.8. The fraction of sp³-hybridized carbons (Fsp3) is 0.800. The number of aromatic nitrogens is 3. The van der Waals surface area contributed by atoms with Crippen LogP contribution in [-0.4, -0.2) is 41.7 Å². The number of anilines is 2. The number of ether oxygens (including phenoxy) is 1. The van der Waals surface area contributed by atoms with Crippen molar-refractivity contribution in [3.63, 3.8) is 0 Å². The predicted octanol–water partition coefficient (Wildman–Crippen LogP) is 2.72. The molecule has 118 valence electrons.